The molecule has 2 aromatic carbocycles. The number of hydrogen-bond donors (Lipinski definition) is 1. The molecule has 21 heavy (non-hydrogen) atoms. The molecule has 0 spiro atoms. The summed E-state index contributed by atoms with van der Waals surface area (Å²) in [4.78, 5) is 4.26. The van der Waals surface area contributed by atoms with E-state index in [9.17, 15) is 0 Å². The molecule has 0 fully saturated rings. The summed E-state index contributed by atoms with van der Waals surface area (Å²) in [5.74, 6) is 0. The highest BCUT2D eigenvalue weighted by Crippen LogP contribution is 2.18. The van der Waals surface area contributed by atoms with Gasteiger partial charge in [0.05, 0.1) is 5.69 Å². The number of anilines is 1. The first-order chi connectivity index (χ1) is 10.1. The Kier molecular flexibility index (Phi) is 5.96. The highest BCUT2D eigenvalue weighted by atomic mass is 79.9. The van der Waals surface area contributed by atoms with Crippen molar-refractivity contribution in [3.63, 3.8) is 0 Å². The Labute approximate surface area is 141 Å². The van der Waals surface area contributed by atoms with Crippen molar-refractivity contribution in [2.45, 2.75) is 0 Å². The van der Waals surface area contributed by atoms with E-state index in [1.54, 1.807) is 6.20 Å². The number of rotatable bonds is 1. The Morgan fingerprint density at radius 3 is 1.76 bits per heavy atom. The van der Waals surface area contributed by atoms with Crippen molar-refractivity contribution in [2.75, 3.05) is 5.73 Å². The third kappa shape index (κ3) is 5.33. The highest BCUT2D eigenvalue weighted by molar-refractivity contribution is 9.10. The molecule has 0 amide bonds. The quantitative estimate of drug-likeness (QED) is 0.539. The Hall–Kier alpha value is -1.65. The van der Waals surface area contributed by atoms with E-state index in [1.807, 2.05) is 66.7 Å². The maximum Gasteiger partial charge on any atom is 0.0701 e. The summed E-state index contributed by atoms with van der Waals surface area (Å²) in [6, 6.07) is 21.6. The summed E-state index contributed by atoms with van der Waals surface area (Å²) in [6.07, 6.45) is 1.80. The van der Waals surface area contributed by atoms with Crippen molar-refractivity contribution in [2.24, 2.45) is 0 Å². The van der Waals surface area contributed by atoms with E-state index in [2.05, 4.69) is 36.8 Å². The SMILES string of the molecule is Brc1ccc(-c2ccccn2)cc1.Nc1ccc(Br)cc1. The predicted molar refractivity (Wildman–Crippen MR) is 95.9 cm³/mol. The van der Waals surface area contributed by atoms with Gasteiger partial charge in [-0.05, 0) is 48.5 Å². The van der Waals surface area contributed by atoms with E-state index in [0.717, 1.165) is 25.9 Å². The molecule has 0 aliphatic heterocycles. The molecular weight excluding hydrogens is 392 g/mol. The molecule has 3 aromatic rings. The van der Waals surface area contributed by atoms with Crippen molar-refractivity contribution >= 4 is 37.5 Å². The van der Waals surface area contributed by atoms with Crippen LogP contribution in [0.1, 0.15) is 0 Å². The van der Waals surface area contributed by atoms with Gasteiger partial charge in [-0.25, -0.2) is 0 Å². The lowest BCUT2D eigenvalue weighted by Crippen LogP contribution is -1.80. The van der Waals surface area contributed by atoms with Crippen LogP contribution in [0.15, 0.2) is 81.9 Å². The van der Waals surface area contributed by atoms with Crippen molar-refractivity contribution < 1.29 is 0 Å². The van der Waals surface area contributed by atoms with Crippen LogP contribution in [0.4, 0.5) is 5.69 Å². The van der Waals surface area contributed by atoms with Gasteiger partial charge >= 0.3 is 0 Å². The largest absolute Gasteiger partial charge is 0.399 e. The molecule has 0 unspecified atom stereocenters. The Morgan fingerprint density at radius 1 is 0.714 bits per heavy atom. The number of pyridine rings is 1. The molecule has 0 atom stereocenters. The van der Waals surface area contributed by atoms with Crippen molar-refractivity contribution in [3.05, 3.63) is 81.9 Å². The summed E-state index contributed by atoms with van der Waals surface area (Å²) in [5.41, 5.74) is 8.36. The van der Waals surface area contributed by atoms with Crippen LogP contribution in [0.2, 0.25) is 0 Å². The summed E-state index contributed by atoms with van der Waals surface area (Å²) in [5, 5.41) is 0. The van der Waals surface area contributed by atoms with E-state index in [-0.39, 0.29) is 0 Å². The fourth-order valence-corrected chi connectivity index (χ4v) is 2.15. The van der Waals surface area contributed by atoms with Crippen LogP contribution < -0.4 is 5.73 Å². The second kappa shape index (κ2) is 7.96. The first-order valence-corrected chi connectivity index (χ1v) is 7.92. The van der Waals surface area contributed by atoms with Crippen molar-refractivity contribution in [1.29, 1.82) is 0 Å². The van der Waals surface area contributed by atoms with E-state index >= 15 is 0 Å². The van der Waals surface area contributed by atoms with Gasteiger partial charge in [0, 0.05) is 26.4 Å². The highest BCUT2D eigenvalue weighted by Gasteiger charge is 1.95. The molecule has 0 aliphatic carbocycles. The first kappa shape index (κ1) is 15.7. The predicted octanol–water partition coefficient (Wildman–Crippen LogP) is 5.54. The maximum absolute atomic E-state index is 5.41. The van der Waals surface area contributed by atoms with Crippen molar-refractivity contribution in [1.82, 2.24) is 4.98 Å². The van der Waals surface area contributed by atoms with Crippen LogP contribution >= 0.6 is 31.9 Å². The number of nitrogen functional groups attached to an aromatic ring is 1. The number of nitrogens with two attached hydrogens (primary N) is 1. The van der Waals surface area contributed by atoms with Crippen LogP contribution in [0.3, 0.4) is 0 Å². The molecule has 0 aliphatic rings. The molecular formula is C17H14Br2N2. The van der Waals surface area contributed by atoms with Crippen LogP contribution in [-0.2, 0) is 0 Å². The van der Waals surface area contributed by atoms with Gasteiger partial charge in [-0.3, -0.25) is 4.98 Å². The fourth-order valence-electron chi connectivity index (χ4n) is 1.62. The van der Waals surface area contributed by atoms with E-state index in [4.69, 9.17) is 5.73 Å². The third-order valence-corrected chi connectivity index (χ3v) is 3.73. The monoisotopic (exact) mass is 404 g/mol. The van der Waals surface area contributed by atoms with Gasteiger partial charge in [-0.1, -0.05) is 50.1 Å². The van der Waals surface area contributed by atoms with Gasteiger partial charge in [0.25, 0.3) is 0 Å². The van der Waals surface area contributed by atoms with Gasteiger partial charge in [0.15, 0.2) is 0 Å². The van der Waals surface area contributed by atoms with Crippen LogP contribution in [0.25, 0.3) is 11.3 Å². The topological polar surface area (TPSA) is 38.9 Å². The average Bonchev–Trinajstić information content (AvgIpc) is 2.52. The Morgan fingerprint density at radius 2 is 1.29 bits per heavy atom. The molecule has 0 saturated heterocycles. The second-order valence-electron chi connectivity index (χ2n) is 4.27. The van der Waals surface area contributed by atoms with Gasteiger partial charge in [-0.2, -0.15) is 0 Å². The molecule has 1 aromatic heterocycles. The smallest absolute Gasteiger partial charge is 0.0701 e. The zero-order valence-corrected chi connectivity index (χ0v) is 14.4. The Balaban J connectivity index is 0.000000173. The number of benzene rings is 2. The lowest BCUT2D eigenvalue weighted by molar-refractivity contribution is 1.33. The first-order valence-electron chi connectivity index (χ1n) is 6.33. The summed E-state index contributed by atoms with van der Waals surface area (Å²) < 4.78 is 2.15. The standard InChI is InChI=1S/C11H8BrN.C6H6BrN/c12-10-6-4-9(5-7-10)11-3-1-2-8-13-11;7-5-1-3-6(8)4-2-5/h1-8H;1-4H,8H2. The van der Waals surface area contributed by atoms with Crippen molar-refractivity contribution in [3.8, 4) is 11.3 Å². The number of aromatic nitrogens is 1. The van der Waals surface area contributed by atoms with E-state index in [1.165, 1.54) is 0 Å². The lowest BCUT2D eigenvalue weighted by Gasteiger charge is -1.99. The molecule has 0 bridgehead atoms. The second-order valence-corrected chi connectivity index (χ2v) is 6.10. The molecule has 0 radical (unpaired) electrons. The molecule has 1 heterocycles. The molecule has 2 nitrogen and oxygen atoms in total. The van der Waals surface area contributed by atoms with Gasteiger partial charge in [0.1, 0.15) is 0 Å². The van der Waals surface area contributed by atoms with Crippen LogP contribution in [0.5, 0.6) is 0 Å². The summed E-state index contributed by atoms with van der Waals surface area (Å²) in [7, 11) is 0. The molecule has 3 rings (SSSR count). The minimum atomic E-state index is 0.799. The summed E-state index contributed by atoms with van der Waals surface area (Å²) in [6.45, 7) is 0. The molecule has 0 saturated carbocycles. The van der Waals surface area contributed by atoms with Gasteiger partial charge < -0.3 is 5.73 Å². The Bertz CT molecular complexity index is 644. The van der Waals surface area contributed by atoms with E-state index in [0.29, 0.717) is 0 Å². The minimum Gasteiger partial charge on any atom is -0.399 e. The average molecular weight is 406 g/mol. The summed E-state index contributed by atoms with van der Waals surface area (Å²) >= 11 is 6.69. The number of hydrogen-bond acceptors (Lipinski definition) is 2. The zero-order chi connectivity index (χ0) is 15.1. The van der Waals surface area contributed by atoms with Gasteiger partial charge in [-0.15, -0.1) is 0 Å². The minimum absolute atomic E-state index is 0.799. The third-order valence-electron chi connectivity index (χ3n) is 2.67. The number of nitrogens with zero attached hydrogens (tertiary/aromatic N) is 1. The van der Waals surface area contributed by atoms with Crippen LogP contribution in [-0.4, -0.2) is 4.98 Å². The van der Waals surface area contributed by atoms with Crippen LogP contribution in [0, 0.1) is 0 Å². The normalized spacial score (nSPS) is 9.62. The molecule has 2 N–H and O–H groups in total. The van der Waals surface area contributed by atoms with E-state index < -0.39 is 0 Å². The lowest BCUT2D eigenvalue weighted by atomic mass is 10.1. The number of halogens is 2. The molecule has 4 heteroatoms. The zero-order valence-electron chi connectivity index (χ0n) is 11.2. The molecule has 106 valence electrons. The maximum atomic E-state index is 5.41. The van der Waals surface area contributed by atoms with Gasteiger partial charge in [0.2, 0.25) is 0 Å². The fraction of sp³-hybridized carbons (Fsp3) is 0.